The number of hydrogen-bond acceptors (Lipinski definition) is 3. The molecule has 4 nitrogen and oxygen atoms in total. The summed E-state index contributed by atoms with van der Waals surface area (Å²) in [5, 5.41) is 4.01. The van der Waals surface area contributed by atoms with Gasteiger partial charge < -0.3 is 0 Å². The first kappa shape index (κ1) is 15.8. The molecule has 0 unspecified atom stereocenters. The normalized spacial score (nSPS) is 11.7. The van der Waals surface area contributed by atoms with Gasteiger partial charge in [-0.1, -0.05) is 29.3 Å². The zero-order valence-electron chi connectivity index (χ0n) is 11.2. The average molecular weight is 359 g/mol. The Bertz CT molecular complexity index is 847. The van der Waals surface area contributed by atoms with Crippen LogP contribution in [-0.2, 0) is 6.18 Å². The fourth-order valence-corrected chi connectivity index (χ4v) is 2.19. The third-order valence-corrected chi connectivity index (χ3v) is 3.64. The first-order valence-corrected chi connectivity index (χ1v) is 7.03. The molecule has 0 fully saturated rings. The van der Waals surface area contributed by atoms with Crippen molar-refractivity contribution in [2.45, 2.75) is 6.18 Å². The molecule has 0 N–H and O–H groups in total. The molecule has 0 amide bonds. The van der Waals surface area contributed by atoms with Crippen molar-refractivity contribution in [2.24, 2.45) is 0 Å². The molecule has 0 radical (unpaired) electrons. The Labute approximate surface area is 138 Å². The molecule has 0 aliphatic rings. The summed E-state index contributed by atoms with van der Waals surface area (Å²) in [6.07, 6.45) is -3.23. The van der Waals surface area contributed by atoms with Crippen LogP contribution in [0.3, 0.4) is 0 Å². The molecule has 0 saturated heterocycles. The summed E-state index contributed by atoms with van der Waals surface area (Å²) in [6.45, 7) is 0. The minimum atomic E-state index is -4.68. The van der Waals surface area contributed by atoms with E-state index in [-0.39, 0.29) is 21.7 Å². The fraction of sp³-hybridized carbons (Fsp3) is 0.0714. The maximum atomic E-state index is 13.0. The van der Waals surface area contributed by atoms with Crippen LogP contribution in [0.25, 0.3) is 17.2 Å². The van der Waals surface area contributed by atoms with Gasteiger partial charge in [0, 0.05) is 11.8 Å². The molecule has 23 heavy (non-hydrogen) atoms. The summed E-state index contributed by atoms with van der Waals surface area (Å²) in [6, 6.07) is 9.21. The second-order valence-corrected chi connectivity index (χ2v) is 5.30. The quantitative estimate of drug-likeness (QED) is 0.669. The van der Waals surface area contributed by atoms with Crippen LogP contribution in [0.2, 0.25) is 10.0 Å². The summed E-state index contributed by atoms with van der Waals surface area (Å²) < 4.78 is 39.9. The lowest BCUT2D eigenvalue weighted by Crippen LogP contribution is -2.09. The smallest absolute Gasteiger partial charge is 0.237 e. The van der Waals surface area contributed by atoms with Crippen molar-refractivity contribution in [1.82, 2.24) is 19.7 Å². The second kappa shape index (κ2) is 5.82. The van der Waals surface area contributed by atoms with E-state index in [2.05, 4.69) is 15.1 Å². The minimum absolute atomic E-state index is 0.0328. The molecule has 3 rings (SSSR count). The first-order valence-electron chi connectivity index (χ1n) is 6.27. The minimum Gasteiger partial charge on any atom is -0.237 e. The zero-order chi connectivity index (χ0) is 16.6. The van der Waals surface area contributed by atoms with Crippen LogP contribution in [-0.4, -0.2) is 19.7 Å². The summed E-state index contributed by atoms with van der Waals surface area (Å²) >= 11 is 11.8. The molecule has 9 heteroatoms. The van der Waals surface area contributed by atoms with Gasteiger partial charge in [-0.15, -0.1) is 5.10 Å². The van der Waals surface area contributed by atoms with Crippen LogP contribution in [0.5, 0.6) is 0 Å². The Kier molecular flexibility index (Phi) is 3.99. The SMILES string of the molecule is FC(F)(F)c1nc(-c2ccc(Cl)c(Cl)c2)n(-c2ccccn2)n1. The largest absolute Gasteiger partial charge is 0.453 e. The van der Waals surface area contributed by atoms with Gasteiger partial charge in [-0.3, -0.25) is 0 Å². The van der Waals surface area contributed by atoms with Gasteiger partial charge >= 0.3 is 6.18 Å². The molecule has 0 aliphatic heterocycles. The van der Waals surface area contributed by atoms with E-state index >= 15 is 0 Å². The van der Waals surface area contributed by atoms with Crippen LogP contribution in [0.15, 0.2) is 42.6 Å². The van der Waals surface area contributed by atoms with Crippen LogP contribution in [0, 0.1) is 0 Å². The monoisotopic (exact) mass is 358 g/mol. The van der Waals surface area contributed by atoms with E-state index in [1.54, 1.807) is 12.1 Å². The molecule has 0 spiro atoms. The van der Waals surface area contributed by atoms with Crippen molar-refractivity contribution in [3.63, 3.8) is 0 Å². The van der Waals surface area contributed by atoms with E-state index in [0.29, 0.717) is 5.56 Å². The molecular weight excluding hydrogens is 352 g/mol. The summed E-state index contributed by atoms with van der Waals surface area (Å²) in [5.74, 6) is -1.09. The first-order chi connectivity index (χ1) is 10.9. The molecule has 1 aromatic carbocycles. The van der Waals surface area contributed by atoms with Gasteiger partial charge in [0.1, 0.15) is 0 Å². The average Bonchev–Trinajstić information content (AvgIpc) is 2.96. The number of halogens is 5. The van der Waals surface area contributed by atoms with Gasteiger partial charge in [0.05, 0.1) is 10.0 Å². The Balaban J connectivity index is 2.22. The summed E-state index contributed by atoms with van der Waals surface area (Å²) in [4.78, 5) is 7.59. The number of hydrogen-bond donors (Lipinski definition) is 0. The molecule has 118 valence electrons. The van der Waals surface area contributed by atoms with Crippen molar-refractivity contribution < 1.29 is 13.2 Å². The zero-order valence-corrected chi connectivity index (χ0v) is 12.7. The number of rotatable bonds is 2. The Morgan fingerprint density at radius 1 is 1.00 bits per heavy atom. The lowest BCUT2D eigenvalue weighted by atomic mass is 10.2. The third kappa shape index (κ3) is 3.16. The molecule has 0 bridgehead atoms. The molecule has 2 heterocycles. The van der Waals surface area contributed by atoms with Gasteiger partial charge in [-0.25, -0.2) is 9.97 Å². The molecule has 0 aliphatic carbocycles. The number of nitrogens with zero attached hydrogens (tertiary/aromatic N) is 4. The highest BCUT2D eigenvalue weighted by Gasteiger charge is 2.37. The van der Waals surface area contributed by atoms with E-state index in [1.165, 1.54) is 30.5 Å². The number of aromatic nitrogens is 4. The van der Waals surface area contributed by atoms with Crippen LogP contribution in [0.1, 0.15) is 5.82 Å². The standard InChI is InChI=1S/C14H7Cl2F3N4/c15-9-5-4-8(7-10(9)16)12-21-13(14(17,18)19)22-23(12)11-3-1-2-6-20-11/h1-7H. The van der Waals surface area contributed by atoms with Gasteiger partial charge in [0.15, 0.2) is 11.6 Å². The molecule has 2 aromatic heterocycles. The van der Waals surface area contributed by atoms with Crippen LogP contribution < -0.4 is 0 Å². The Morgan fingerprint density at radius 3 is 2.39 bits per heavy atom. The topological polar surface area (TPSA) is 43.6 Å². The Morgan fingerprint density at radius 2 is 1.78 bits per heavy atom. The highest BCUT2D eigenvalue weighted by Crippen LogP contribution is 2.32. The van der Waals surface area contributed by atoms with Crippen LogP contribution >= 0.6 is 23.2 Å². The molecular formula is C14H7Cl2F3N4. The van der Waals surface area contributed by atoms with Gasteiger partial charge in [0.2, 0.25) is 0 Å². The lowest BCUT2D eigenvalue weighted by molar-refractivity contribution is -0.144. The maximum absolute atomic E-state index is 13.0. The number of alkyl halides is 3. The van der Waals surface area contributed by atoms with E-state index in [4.69, 9.17) is 23.2 Å². The fourth-order valence-electron chi connectivity index (χ4n) is 1.89. The van der Waals surface area contributed by atoms with E-state index in [0.717, 1.165) is 4.68 Å². The maximum Gasteiger partial charge on any atom is 0.453 e. The van der Waals surface area contributed by atoms with E-state index in [1.807, 2.05) is 0 Å². The van der Waals surface area contributed by atoms with Gasteiger partial charge in [-0.2, -0.15) is 17.9 Å². The van der Waals surface area contributed by atoms with Gasteiger partial charge in [-0.05, 0) is 30.3 Å². The van der Waals surface area contributed by atoms with E-state index in [9.17, 15) is 13.2 Å². The highest BCUT2D eigenvalue weighted by atomic mass is 35.5. The van der Waals surface area contributed by atoms with Crippen molar-refractivity contribution in [2.75, 3.05) is 0 Å². The molecule has 0 atom stereocenters. The van der Waals surface area contributed by atoms with E-state index < -0.39 is 12.0 Å². The van der Waals surface area contributed by atoms with Crippen molar-refractivity contribution in [3.05, 3.63) is 58.5 Å². The molecule has 0 saturated carbocycles. The van der Waals surface area contributed by atoms with Crippen molar-refractivity contribution in [3.8, 4) is 17.2 Å². The lowest BCUT2D eigenvalue weighted by Gasteiger charge is -2.05. The van der Waals surface area contributed by atoms with Crippen molar-refractivity contribution >= 4 is 23.2 Å². The molecule has 3 aromatic rings. The second-order valence-electron chi connectivity index (χ2n) is 4.49. The van der Waals surface area contributed by atoms with Crippen LogP contribution in [0.4, 0.5) is 13.2 Å². The Hall–Kier alpha value is -2.12. The third-order valence-electron chi connectivity index (χ3n) is 2.90. The predicted octanol–water partition coefficient (Wildman–Crippen LogP) is 4.65. The summed E-state index contributed by atoms with van der Waals surface area (Å²) in [5.41, 5.74) is 0.341. The number of pyridine rings is 1. The number of benzene rings is 1. The summed E-state index contributed by atoms with van der Waals surface area (Å²) in [7, 11) is 0. The van der Waals surface area contributed by atoms with Gasteiger partial charge in [0.25, 0.3) is 5.82 Å². The highest BCUT2D eigenvalue weighted by molar-refractivity contribution is 6.42. The predicted molar refractivity (Wildman–Crippen MR) is 79.6 cm³/mol. The van der Waals surface area contributed by atoms with Crippen molar-refractivity contribution in [1.29, 1.82) is 0 Å².